The van der Waals surface area contributed by atoms with Crippen LogP contribution in [0.2, 0.25) is 0 Å². The Bertz CT molecular complexity index is 805. The summed E-state index contributed by atoms with van der Waals surface area (Å²) >= 11 is 4.57. The van der Waals surface area contributed by atoms with Crippen LogP contribution in [0.4, 0.5) is 0 Å². The molecule has 0 aliphatic carbocycles. The highest BCUT2D eigenvalue weighted by atomic mass is 79.9. The fourth-order valence-corrected chi connectivity index (χ4v) is 2.97. The van der Waals surface area contributed by atoms with Gasteiger partial charge in [-0.3, -0.25) is 0 Å². The smallest absolute Gasteiger partial charge is 0.336 e. The first-order valence-electron chi connectivity index (χ1n) is 5.50. The van der Waals surface area contributed by atoms with Crippen LogP contribution in [-0.4, -0.2) is 31.0 Å². The highest BCUT2D eigenvalue weighted by Gasteiger charge is 2.12. The van der Waals surface area contributed by atoms with Crippen molar-refractivity contribution in [1.29, 1.82) is 0 Å². The molecule has 0 saturated carbocycles. The minimum Gasteiger partial charge on any atom is -0.478 e. The molecule has 0 saturated heterocycles. The number of nitrogens with one attached hydrogen (secondary N) is 1. The van der Waals surface area contributed by atoms with E-state index in [1.807, 2.05) is 6.07 Å². The van der Waals surface area contributed by atoms with Crippen molar-refractivity contribution in [3.63, 3.8) is 0 Å². The molecule has 2 aromatic heterocycles. The Kier molecular flexibility index (Phi) is 3.41. The molecule has 0 bridgehead atoms. The van der Waals surface area contributed by atoms with E-state index in [1.165, 1.54) is 18.1 Å². The van der Waals surface area contributed by atoms with Gasteiger partial charge in [0.15, 0.2) is 5.65 Å². The number of aromatic nitrogens is 4. The molecule has 8 heteroatoms. The molecule has 0 atom stereocenters. The first kappa shape index (κ1) is 13.1. The number of aromatic amines is 1. The third-order valence-electron chi connectivity index (χ3n) is 2.57. The number of hydrogen-bond acceptors (Lipinski definition) is 5. The van der Waals surface area contributed by atoms with Crippen molar-refractivity contribution < 1.29 is 9.90 Å². The van der Waals surface area contributed by atoms with Gasteiger partial charge in [0, 0.05) is 9.37 Å². The third kappa shape index (κ3) is 2.39. The van der Waals surface area contributed by atoms with Crippen LogP contribution in [0.1, 0.15) is 10.4 Å². The van der Waals surface area contributed by atoms with E-state index >= 15 is 0 Å². The second-order valence-electron chi connectivity index (χ2n) is 3.83. The van der Waals surface area contributed by atoms with Crippen molar-refractivity contribution in [3.8, 4) is 0 Å². The van der Waals surface area contributed by atoms with Gasteiger partial charge in [-0.1, -0.05) is 11.8 Å². The van der Waals surface area contributed by atoms with Crippen molar-refractivity contribution in [3.05, 3.63) is 40.9 Å². The number of fused-ring (bicyclic) bond motifs is 1. The molecular weight excluding hydrogens is 344 g/mol. The van der Waals surface area contributed by atoms with Gasteiger partial charge in [0.2, 0.25) is 0 Å². The lowest BCUT2D eigenvalue weighted by Gasteiger charge is -2.04. The number of aromatic carboxylic acids is 1. The number of halogens is 1. The zero-order chi connectivity index (χ0) is 14.1. The second kappa shape index (κ2) is 5.22. The molecule has 0 aliphatic heterocycles. The van der Waals surface area contributed by atoms with Crippen molar-refractivity contribution >= 4 is 44.8 Å². The van der Waals surface area contributed by atoms with Gasteiger partial charge >= 0.3 is 5.97 Å². The summed E-state index contributed by atoms with van der Waals surface area (Å²) in [4.78, 5) is 27.2. The van der Waals surface area contributed by atoms with E-state index in [0.29, 0.717) is 15.1 Å². The van der Waals surface area contributed by atoms with Crippen LogP contribution in [0, 0.1) is 0 Å². The number of rotatable bonds is 3. The van der Waals surface area contributed by atoms with Crippen molar-refractivity contribution in [2.75, 3.05) is 0 Å². The van der Waals surface area contributed by atoms with Crippen LogP contribution in [0.15, 0.2) is 45.2 Å². The number of nitrogens with zero attached hydrogens (tertiary/aromatic N) is 3. The molecule has 0 aliphatic rings. The SMILES string of the molecule is O=C(O)c1cc(Sc2ncnc3nc[nH]c23)ccc1Br. The maximum atomic E-state index is 11.1. The van der Waals surface area contributed by atoms with Crippen LogP contribution < -0.4 is 0 Å². The fraction of sp³-hybridized carbons (Fsp3) is 0. The van der Waals surface area contributed by atoms with E-state index in [0.717, 1.165) is 10.4 Å². The molecule has 0 amide bonds. The van der Waals surface area contributed by atoms with Crippen molar-refractivity contribution in [2.45, 2.75) is 9.92 Å². The van der Waals surface area contributed by atoms with Crippen LogP contribution in [-0.2, 0) is 0 Å². The van der Waals surface area contributed by atoms with Crippen LogP contribution in [0.3, 0.4) is 0 Å². The summed E-state index contributed by atoms with van der Waals surface area (Å²) in [6.07, 6.45) is 2.98. The van der Waals surface area contributed by atoms with Gasteiger partial charge in [-0.2, -0.15) is 0 Å². The molecule has 100 valence electrons. The molecule has 2 heterocycles. The molecule has 3 rings (SSSR count). The van der Waals surface area contributed by atoms with Crippen molar-refractivity contribution in [2.24, 2.45) is 0 Å². The predicted octanol–water partition coefficient (Wildman–Crippen LogP) is 2.96. The molecule has 1 aromatic carbocycles. The number of H-pyrrole nitrogens is 1. The fourth-order valence-electron chi connectivity index (χ4n) is 1.66. The molecule has 6 nitrogen and oxygen atoms in total. The first-order valence-corrected chi connectivity index (χ1v) is 7.11. The lowest BCUT2D eigenvalue weighted by atomic mass is 10.2. The van der Waals surface area contributed by atoms with Gasteiger partial charge < -0.3 is 10.1 Å². The largest absolute Gasteiger partial charge is 0.478 e. The standard InChI is InChI=1S/C12H7BrN4O2S/c13-8-2-1-6(3-7(8)12(18)19)20-11-9-10(15-4-14-9)16-5-17-11/h1-5H,(H,18,19)(H,14,15,16,17). The summed E-state index contributed by atoms with van der Waals surface area (Å²) in [5, 5.41) is 9.81. The summed E-state index contributed by atoms with van der Waals surface area (Å²) in [7, 11) is 0. The van der Waals surface area contributed by atoms with Crippen molar-refractivity contribution in [1.82, 2.24) is 19.9 Å². The van der Waals surface area contributed by atoms with Gasteiger partial charge in [-0.25, -0.2) is 19.7 Å². The minimum absolute atomic E-state index is 0.213. The average molecular weight is 351 g/mol. The Morgan fingerprint density at radius 2 is 2.15 bits per heavy atom. The molecule has 0 spiro atoms. The molecule has 0 unspecified atom stereocenters. The first-order chi connectivity index (χ1) is 9.65. The molecule has 0 radical (unpaired) electrons. The number of benzene rings is 1. The lowest BCUT2D eigenvalue weighted by molar-refractivity contribution is 0.0695. The summed E-state index contributed by atoms with van der Waals surface area (Å²) < 4.78 is 0.545. The summed E-state index contributed by atoms with van der Waals surface area (Å²) in [5.41, 5.74) is 1.53. The van der Waals surface area contributed by atoms with Gasteiger partial charge in [-0.15, -0.1) is 0 Å². The van der Waals surface area contributed by atoms with Gasteiger partial charge in [0.1, 0.15) is 16.9 Å². The van der Waals surface area contributed by atoms with E-state index in [4.69, 9.17) is 5.11 Å². The zero-order valence-electron chi connectivity index (χ0n) is 9.87. The maximum Gasteiger partial charge on any atom is 0.336 e. The lowest BCUT2D eigenvalue weighted by Crippen LogP contribution is -1.97. The monoisotopic (exact) mass is 350 g/mol. The van der Waals surface area contributed by atoms with E-state index in [2.05, 4.69) is 35.9 Å². The quantitative estimate of drug-likeness (QED) is 0.705. The van der Waals surface area contributed by atoms with Crippen LogP contribution >= 0.6 is 27.7 Å². The number of hydrogen-bond donors (Lipinski definition) is 2. The highest BCUT2D eigenvalue weighted by molar-refractivity contribution is 9.10. The van der Waals surface area contributed by atoms with Gasteiger partial charge in [0.25, 0.3) is 0 Å². The Labute approximate surface area is 125 Å². The van der Waals surface area contributed by atoms with E-state index in [1.54, 1.807) is 18.5 Å². The molecule has 3 aromatic rings. The predicted molar refractivity (Wildman–Crippen MR) is 76.9 cm³/mol. The van der Waals surface area contributed by atoms with Gasteiger partial charge in [-0.05, 0) is 34.1 Å². The third-order valence-corrected chi connectivity index (χ3v) is 4.25. The van der Waals surface area contributed by atoms with Crippen LogP contribution in [0.5, 0.6) is 0 Å². The topological polar surface area (TPSA) is 91.8 Å². The zero-order valence-corrected chi connectivity index (χ0v) is 12.3. The van der Waals surface area contributed by atoms with E-state index in [-0.39, 0.29) is 5.56 Å². The summed E-state index contributed by atoms with van der Waals surface area (Å²) in [6.45, 7) is 0. The van der Waals surface area contributed by atoms with E-state index in [9.17, 15) is 4.79 Å². The molecular formula is C12H7BrN4O2S. The minimum atomic E-state index is -0.978. The molecule has 0 fully saturated rings. The Hall–Kier alpha value is -1.93. The summed E-state index contributed by atoms with van der Waals surface area (Å²) in [5.74, 6) is -0.978. The maximum absolute atomic E-state index is 11.1. The Morgan fingerprint density at radius 1 is 1.30 bits per heavy atom. The molecule has 20 heavy (non-hydrogen) atoms. The van der Waals surface area contributed by atoms with Gasteiger partial charge in [0.05, 0.1) is 11.9 Å². The van der Waals surface area contributed by atoms with E-state index < -0.39 is 5.97 Å². The number of carboxylic acid groups (broad SMARTS) is 1. The van der Waals surface area contributed by atoms with Crippen LogP contribution in [0.25, 0.3) is 11.2 Å². The highest BCUT2D eigenvalue weighted by Crippen LogP contribution is 2.32. The Morgan fingerprint density at radius 3 is 2.95 bits per heavy atom. The number of carboxylic acids is 1. The second-order valence-corrected chi connectivity index (χ2v) is 5.75. The number of imidazole rings is 1. The Balaban J connectivity index is 2.01. The number of carbonyl (C=O) groups is 1. The average Bonchev–Trinajstić information content (AvgIpc) is 2.90. The molecule has 2 N–H and O–H groups in total. The summed E-state index contributed by atoms with van der Waals surface area (Å²) in [6, 6.07) is 5.13. The normalized spacial score (nSPS) is 10.8.